The third-order valence-corrected chi connectivity index (χ3v) is 6.97. The van der Waals surface area contributed by atoms with Gasteiger partial charge in [-0.05, 0) is 51.2 Å². The zero-order valence-electron chi connectivity index (χ0n) is 19.8. The van der Waals surface area contributed by atoms with E-state index in [1.165, 1.54) is 0 Å². The van der Waals surface area contributed by atoms with Gasteiger partial charge in [0.15, 0.2) is 11.5 Å². The fourth-order valence-electron chi connectivity index (χ4n) is 5.42. The number of hydrogen-bond acceptors (Lipinski definition) is 8. The highest BCUT2D eigenvalue weighted by molar-refractivity contribution is 5.93. The monoisotopic (exact) mass is 472 g/mol. The van der Waals surface area contributed by atoms with Crippen molar-refractivity contribution in [3.63, 3.8) is 0 Å². The number of hydrogen-bond donors (Lipinski definition) is 3. The number of nitrogens with zero attached hydrogens (tertiary/aromatic N) is 7. The molecule has 0 radical (unpaired) electrons. The van der Waals surface area contributed by atoms with Crippen molar-refractivity contribution in [2.75, 3.05) is 10.6 Å². The highest BCUT2D eigenvalue weighted by atomic mass is 16.2. The van der Waals surface area contributed by atoms with E-state index in [0.717, 1.165) is 48.8 Å². The molecule has 2 atom stereocenters. The molecule has 11 heteroatoms. The molecule has 2 bridgehead atoms. The summed E-state index contributed by atoms with van der Waals surface area (Å²) in [4.78, 5) is 29.1. The smallest absolute Gasteiger partial charge is 0.272 e. The highest BCUT2D eigenvalue weighted by Gasteiger charge is 2.41. The van der Waals surface area contributed by atoms with Crippen LogP contribution in [0.2, 0.25) is 0 Å². The maximum atomic E-state index is 13.2. The van der Waals surface area contributed by atoms with Gasteiger partial charge in [-0.15, -0.1) is 0 Å². The minimum absolute atomic E-state index is 0.0343. The first-order chi connectivity index (χ1) is 17.0. The number of aryl methyl sites for hydroxylation is 2. The Morgan fingerprint density at radius 1 is 1.17 bits per heavy atom. The number of pyridine rings is 1. The van der Waals surface area contributed by atoms with Crippen LogP contribution in [0.1, 0.15) is 48.3 Å². The number of aromatic amines is 1. The van der Waals surface area contributed by atoms with Crippen molar-refractivity contribution in [3.05, 3.63) is 48.0 Å². The molecule has 0 spiro atoms. The van der Waals surface area contributed by atoms with Crippen LogP contribution in [0.4, 0.5) is 17.6 Å². The Labute approximate surface area is 202 Å². The van der Waals surface area contributed by atoms with Gasteiger partial charge in [0.05, 0.1) is 11.6 Å². The van der Waals surface area contributed by atoms with Crippen LogP contribution in [-0.2, 0) is 7.05 Å². The Morgan fingerprint density at radius 3 is 2.71 bits per heavy atom. The largest absolute Gasteiger partial charge is 0.351 e. The number of aromatic nitrogens is 7. The molecular weight excluding hydrogens is 444 g/mol. The van der Waals surface area contributed by atoms with E-state index in [4.69, 9.17) is 9.97 Å². The minimum Gasteiger partial charge on any atom is -0.351 e. The van der Waals surface area contributed by atoms with Gasteiger partial charge in [-0.3, -0.25) is 19.6 Å². The second-order valence-corrected chi connectivity index (χ2v) is 9.44. The van der Waals surface area contributed by atoms with Gasteiger partial charge in [0.25, 0.3) is 5.91 Å². The Balaban J connectivity index is 1.24. The summed E-state index contributed by atoms with van der Waals surface area (Å²) in [5, 5.41) is 19.3. The molecule has 2 aliphatic heterocycles. The van der Waals surface area contributed by atoms with Crippen molar-refractivity contribution in [2.45, 2.75) is 57.2 Å². The molecule has 3 N–H and O–H groups in total. The second kappa shape index (κ2) is 8.64. The first-order valence-corrected chi connectivity index (χ1v) is 12.0. The van der Waals surface area contributed by atoms with Crippen molar-refractivity contribution < 1.29 is 4.79 Å². The van der Waals surface area contributed by atoms with Gasteiger partial charge in [0.2, 0.25) is 5.95 Å². The number of rotatable bonds is 5. The van der Waals surface area contributed by atoms with Gasteiger partial charge in [0.1, 0.15) is 11.5 Å². The Hall–Kier alpha value is -4.02. The molecule has 2 aliphatic rings. The standard InChI is InChI=1S/C24H28N10O/c1-14-10-20(32-31-14)28-21-18-13-26-33(2)22(18)30-24(29-21)27-15-11-16-6-5-7-17(12-15)34(16)23(35)19-8-3-4-9-25-19/h3-4,8-10,13,15-17H,5-7,11-12H2,1-2H3,(H3,27,28,29,30,31,32). The predicted molar refractivity (Wildman–Crippen MR) is 131 cm³/mol. The molecule has 4 aromatic rings. The zero-order valence-corrected chi connectivity index (χ0v) is 19.8. The Bertz CT molecular complexity index is 1350. The summed E-state index contributed by atoms with van der Waals surface area (Å²) in [6.07, 6.45) is 8.28. The number of H-pyrrole nitrogens is 1. The SMILES string of the molecule is Cc1cc(Nc2nc(NC3CC4CCCC(C3)N4C(=O)c3ccccn3)nc3c2cnn3C)n[nH]1. The van der Waals surface area contributed by atoms with Gasteiger partial charge in [-0.25, -0.2) is 0 Å². The summed E-state index contributed by atoms with van der Waals surface area (Å²) in [6, 6.07) is 7.96. The third-order valence-electron chi connectivity index (χ3n) is 6.97. The van der Waals surface area contributed by atoms with E-state index in [-0.39, 0.29) is 24.0 Å². The minimum atomic E-state index is 0.0343. The number of amides is 1. The third kappa shape index (κ3) is 4.07. The lowest BCUT2D eigenvalue weighted by Gasteiger charge is -2.48. The van der Waals surface area contributed by atoms with Crippen LogP contribution in [0.15, 0.2) is 36.7 Å². The molecule has 11 nitrogen and oxygen atoms in total. The lowest BCUT2D eigenvalue weighted by atomic mass is 9.81. The molecule has 0 aromatic carbocycles. The molecule has 2 unspecified atom stereocenters. The van der Waals surface area contributed by atoms with Crippen LogP contribution in [0, 0.1) is 6.92 Å². The van der Waals surface area contributed by atoms with Crippen molar-refractivity contribution in [1.82, 2.24) is 39.8 Å². The molecule has 6 heterocycles. The van der Waals surface area contributed by atoms with Gasteiger partial charge in [-0.1, -0.05) is 6.07 Å². The molecule has 35 heavy (non-hydrogen) atoms. The average molecular weight is 473 g/mol. The molecule has 4 aromatic heterocycles. The van der Waals surface area contributed by atoms with Crippen LogP contribution in [-0.4, -0.2) is 63.9 Å². The molecule has 6 rings (SSSR count). The molecule has 2 saturated heterocycles. The Kier molecular flexibility index (Phi) is 5.31. The average Bonchev–Trinajstić information content (AvgIpc) is 3.44. The summed E-state index contributed by atoms with van der Waals surface area (Å²) in [5.74, 6) is 1.92. The van der Waals surface area contributed by atoms with E-state index in [9.17, 15) is 4.79 Å². The van der Waals surface area contributed by atoms with Gasteiger partial charge in [0, 0.05) is 43.1 Å². The maximum Gasteiger partial charge on any atom is 0.272 e. The number of carbonyl (C=O) groups excluding carboxylic acids is 1. The van der Waals surface area contributed by atoms with E-state index < -0.39 is 0 Å². The number of carbonyl (C=O) groups is 1. The van der Waals surface area contributed by atoms with Gasteiger partial charge >= 0.3 is 0 Å². The topological polar surface area (TPSA) is 130 Å². The predicted octanol–water partition coefficient (Wildman–Crippen LogP) is 3.17. The van der Waals surface area contributed by atoms with Crippen molar-refractivity contribution in [2.24, 2.45) is 7.05 Å². The molecule has 0 saturated carbocycles. The number of piperidine rings is 2. The van der Waals surface area contributed by atoms with Crippen molar-refractivity contribution in [1.29, 1.82) is 0 Å². The maximum absolute atomic E-state index is 13.2. The fraction of sp³-hybridized carbons (Fsp3) is 0.417. The molecule has 1 amide bonds. The van der Waals surface area contributed by atoms with E-state index >= 15 is 0 Å². The van der Waals surface area contributed by atoms with E-state index in [2.05, 4.69) is 35.8 Å². The van der Waals surface area contributed by atoms with E-state index in [1.54, 1.807) is 23.1 Å². The van der Waals surface area contributed by atoms with Gasteiger partial charge < -0.3 is 15.5 Å². The molecular formula is C24H28N10O. The lowest BCUT2D eigenvalue weighted by molar-refractivity contribution is 0.0253. The molecule has 2 fully saturated rings. The quantitative estimate of drug-likeness (QED) is 0.404. The van der Waals surface area contributed by atoms with E-state index in [1.807, 2.05) is 32.2 Å². The summed E-state index contributed by atoms with van der Waals surface area (Å²) in [6.45, 7) is 1.95. The fourth-order valence-corrected chi connectivity index (χ4v) is 5.42. The van der Waals surface area contributed by atoms with Crippen LogP contribution >= 0.6 is 0 Å². The Morgan fingerprint density at radius 2 is 2.00 bits per heavy atom. The zero-order chi connectivity index (χ0) is 23.9. The number of anilines is 3. The van der Waals surface area contributed by atoms with Crippen molar-refractivity contribution in [3.8, 4) is 0 Å². The van der Waals surface area contributed by atoms with Gasteiger partial charge in [-0.2, -0.15) is 20.2 Å². The number of nitrogens with one attached hydrogen (secondary N) is 3. The highest BCUT2D eigenvalue weighted by Crippen LogP contribution is 2.36. The summed E-state index contributed by atoms with van der Waals surface area (Å²) in [7, 11) is 1.87. The van der Waals surface area contributed by atoms with Crippen molar-refractivity contribution >= 4 is 34.5 Å². The second-order valence-electron chi connectivity index (χ2n) is 9.44. The van der Waals surface area contributed by atoms with Crippen LogP contribution < -0.4 is 10.6 Å². The summed E-state index contributed by atoms with van der Waals surface area (Å²) >= 11 is 0. The first-order valence-electron chi connectivity index (χ1n) is 12.0. The number of fused-ring (bicyclic) bond motifs is 3. The normalized spacial score (nSPS) is 21.8. The van der Waals surface area contributed by atoms with E-state index in [0.29, 0.717) is 23.3 Å². The van der Waals surface area contributed by atoms with Crippen LogP contribution in [0.3, 0.4) is 0 Å². The van der Waals surface area contributed by atoms with Crippen LogP contribution in [0.5, 0.6) is 0 Å². The lowest BCUT2D eigenvalue weighted by Crippen LogP contribution is -2.57. The molecule has 0 aliphatic carbocycles. The molecule has 180 valence electrons. The first kappa shape index (κ1) is 21.5. The summed E-state index contributed by atoms with van der Waals surface area (Å²) < 4.78 is 1.74. The van der Waals surface area contributed by atoms with Crippen LogP contribution in [0.25, 0.3) is 11.0 Å². The summed E-state index contributed by atoms with van der Waals surface area (Å²) in [5.41, 5.74) is 2.21.